The predicted octanol–water partition coefficient (Wildman–Crippen LogP) is 2.10. The zero-order valence-corrected chi connectivity index (χ0v) is 15.5. The number of rotatable bonds is 8. The van der Waals surface area contributed by atoms with Gasteiger partial charge in [0.05, 0.1) is 0 Å². The number of carbonyl (C=O) groups is 3. The first-order chi connectivity index (χ1) is 13.0. The Morgan fingerprint density at radius 1 is 0.926 bits per heavy atom. The van der Waals surface area contributed by atoms with Gasteiger partial charge in [-0.25, -0.2) is 4.79 Å². The van der Waals surface area contributed by atoms with Gasteiger partial charge in [0, 0.05) is 12.1 Å². The molecule has 2 aromatic carbocycles. The van der Waals surface area contributed by atoms with Gasteiger partial charge in [-0.2, -0.15) is 0 Å². The average Bonchev–Trinajstić information content (AvgIpc) is 2.69. The fourth-order valence-corrected chi connectivity index (χ4v) is 2.38. The summed E-state index contributed by atoms with van der Waals surface area (Å²) >= 11 is 0. The molecule has 0 saturated carbocycles. The molecule has 0 aliphatic heterocycles. The minimum absolute atomic E-state index is 0.374. The summed E-state index contributed by atoms with van der Waals surface area (Å²) < 4.78 is 5.15. The van der Waals surface area contributed by atoms with Crippen LogP contribution in [0.1, 0.15) is 29.8 Å². The molecule has 0 bridgehead atoms. The van der Waals surface area contributed by atoms with E-state index in [0.717, 1.165) is 5.56 Å². The highest BCUT2D eigenvalue weighted by molar-refractivity contribution is 5.96. The zero-order chi connectivity index (χ0) is 19.6. The van der Waals surface area contributed by atoms with Gasteiger partial charge in [0.1, 0.15) is 6.04 Å². The Bertz CT molecular complexity index is 762. The maximum Gasteiger partial charge on any atom is 0.329 e. The molecule has 0 radical (unpaired) electrons. The number of ether oxygens (including phenoxy) is 1. The molecule has 2 rings (SSSR count). The minimum atomic E-state index is -0.940. The van der Waals surface area contributed by atoms with Crippen molar-refractivity contribution >= 4 is 17.8 Å². The summed E-state index contributed by atoms with van der Waals surface area (Å²) in [4.78, 5) is 36.2. The van der Waals surface area contributed by atoms with Crippen LogP contribution in [0.25, 0.3) is 0 Å². The van der Waals surface area contributed by atoms with Crippen LogP contribution in [0.2, 0.25) is 0 Å². The molecule has 0 aliphatic carbocycles. The van der Waals surface area contributed by atoms with Crippen molar-refractivity contribution < 1.29 is 19.1 Å². The molecular weight excluding hydrogens is 344 g/mol. The Hall–Kier alpha value is -3.15. The van der Waals surface area contributed by atoms with E-state index in [0.29, 0.717) is 18.5 Å². The van der Waals surface area contributed by atoms with Crippen molar-refractivity contribution in [1.82, 2.24) is 10.6 Å². The molecule has 1 unspecified atom stereocenters. The third-order valence-electron chi connectivity index (χ3n) is 3.96. The summed E-state index contributed by atoms with van der Waals surface area (Å²) in [5, 5.41) is 5.30. The lowest BCUT2D eigenvalue weighted by molar-refractivity contribution is -0.156. The van der Waals surface area contributed by atoms with Crippen LogP contribution in [0.15, 0.2) is 60.7 Å². The van der Waals surface area contributed by atoms with Gasteiger partial charge in [0.15, 0.2) is 6.10 Å². The monoisotopic (exact) mass is 368 g/mol. The molecule has 6 heteroatoms. The molecule has 0 saturated heterocycles. The van der Waals surface area contributed by atoms with Crippen LogP contribution in [0, 0.1) is 0 Å². The van der Waals surface area contributed by atoms with Gasteiger partial charge in [-0.1, -0.05) is 48.5 Å². The highest BCUT2D eigenvalue weighted by Gasteiger charge is 2.23. The van der Waals surface area contributed by atoms with Gasteiger partial charge < -0.3 is 15.4 Å². The van der Waals surface area contributed by atoms with E-state index >= 15 is 0 Å². The number of nitrogens with one attached hydrogen (secondary N) is 2. The van der Waals surface area contributed by atoms with E-state index in [2.05, 4.69) is 10.6 Å². The predicted molar refractivity (Wildman–Crippen MR) is 102 cm³/mol. The summed E-state index contributed by atoms with van der Waals surface area (Å²) in [6.07, 6.45) is -0.249. The molecule has 27 heavy (non-hydrogen) atoms. The lowest BCUT2D eigenvalue weighted by atomic mass is 10.1. The standard InChI is InChI=1S/C21H24N2O4/c1-15(23-20(25)18-11-7-4-8-12-18)21(26)27-16(2)19(24)22-14-13-17-9-5-3-6-10-17/h3-12,15-16H,13-14H2,1-2H3,(H,22,24)(H,23,25)/t15-,16?/m0/s1. The van der Waals surface area contributed by atoms with Gasteiger partial charge >= 0.3 is 5.97 Å². The van der Waals surface area contributed by atoms with Crippen LogP contribution in [0.4, 0.5) is 0 Å². The molecule has 2 aromatic rings. The molecular formula is C21H24N2O4. The average molecular weight is 368 g/mol. The molecule has 6 nitrogen and oxygen atoms in total. The van der Waals surface area contributed by atoms with Gasteiger partial charge in [-0.3, -0.25) is 9.59 Å². The third-order valence-corrected chi connectivity index (χ3v) is 3.96. The van der Waals surface area contributed by atoms with E-state index in [4.69, 9.17) is 4.74 Å². The Balaban J connectivity index is 1.74. The van der Waals surface area contributed by atoms with Gasteiger partial charge in [-0.15, -0.1) is 0 Å². The second-order valence-corrected chi connectivity index (χ2v) is 6.17. The highest BCUT2D eigenvalue weighted by atomic mass is 16.5. The molecule has 2 atom stereocenters. The highest BCUT2D eigenvalue weighted by Crippen LogP contribution is 2.02. The van der Waals surface area contributed by atoms with Crippen LogP contribution in [-0.2, 0) is 20.7 Å². The van der Waals surface area contributed by atoms with E-state index < -0.39 is 18.1 Å². The van der Waals surface area contributed by atoms with Crippen LogP contribution in [0.5, 0.6) is 0 Å². The molecule has 0 aliphatic rings. The number of carbonyl (C=O) groups excluding carboxylic acids is 3. The van der Waals surface area contributed by atoms with E-state index in [1.807, 2.05) is 30.3 Å². The number of amides is 2. The summed E-state index contributed by atoms with van der Waals surface area (Å²) in [6, 6.07) is 17.5. The fraction of sp³-hybridized carbons (Fsp3) is 0.286. The maximum atomic E-state index is 12.1. The smallest absolute Gasteiger partial charge is 0.329 e. The third kappa shape index (κ3) is 6.58. The lowest BCUT2D eigenvalue weighted by Crippen LogP contribution is -2.43. The fourth-order valence-electron chi connectivity index (χ4n) is 2.38. The van der Waals surface area contributed by atoms with Crippen molar-refractivity contribution in [1.29, 1.82) is 0 Å². The van der Waals surface area contributed by atoms with E-state index in [1.165, 1.54) is 13.8 Å². The topological polar surface area (TPSA) is 84.5 Å². The second-order valence-electron chi connectivity index (χ2n) is 6.17. The van der Waals surface area contributed by atoms with Crippen molar-refractivity contribution in [2.45, 2.75) is 32.4 Å². The number of esters is 1. The first-order valence-electron chi connectivity index (χ1n) is 8.85. The van der Waals surface area contributed by atoms with Crippen molar-refractivity contribution in [3.8, 4) is 0 Å². The molecule has 0 fully saturated rings. The Kier molecular flexibility index (Phi) is 7.55. The summed E-state index contributed by atoms with van der Waals surface area (Å²) in [5.74, 6) is -1.41. The summed E-state index contributed by atoms with van der Waals surface area (Å²) in [7, 11) is 0. The van der Waals surface area contributed by atoms with Gasteiger partial charge in [0.2, 0.25) is 0 Å². The Labute approximate surface area is 158 Å². The molecule has 0 aromatic heterocycles. The molecule has 142 valence electrons. The number of hydrogen-bond acceptors (Lipinski definition) is 4. The molecule has 0 spiro atoms. The van der Waals surface area contributed by atoms with Crippen LogP contribution < -0.4 is 10.6 Å². The SMILES string of the molecule is CC(OC(=O)[C@H](C)NC(=O)c1ccccc1)C(=O)NCCc1ccccc1. The largest absolute Gasteiger partial charge is 0.451 e. The normalized spacial score (nSPS) is 12.5. The molecule has 2 amide bonds. The lowest BCUT2D eigenvalue weighted by Gasteiger charge is -2.17. The second kappa shape index (κ2) is 10.1. The summed E-state index contributed by atoms with van der Waals surface area (Å²) in [5.41, 5.74) is 1.56. The van der Waals surface area contributed by atoms with Crippen molar-refractivity contribution in [3.05, 3.63) is 71.8 Å². The van der Waals surface area contributed by atoms with E-state index in [-0.39, 0.29) is 11.8 Å². The summed E-state index contributed by atoms with van der Waals surface area (Å²) in [6.45, 7) is 3.47. The van der Waals surface area contributed by atoms with Crippen molar-refractivity contribution in [2.75, 3.05) is 6.54 Å². The van der Waals surface area contributed by atoms with E-state index in [9.17, 15) is 14.4 Å². The first-order valence-corrected chi connectivity index (χ1v) is 8.85. The number of benzene rings is 2. The van der Waals surface area contributed by atoms with Crippen LogP contribution in [0.3, 0.4) is 0 Å². The van der Waals surface area contributed by atoms with Gasteiger partial charge in [-0.05, 0) is 38.0 Å². The zero-order valence-electron chi connectivity index (χ0n) is 15.5. The maximum absolute atomic E-state index is 12.1. The van der Waals surface area contributed by atoms with Gasteiger partial charge in [0.25, 0.3) is 11.8 Å². The van der Waals surface area contributed by atoms with E-state index in [1.54, 1.807) is 30.3 Å². The van der Waals surface area contributed by atoms with Crippen LogP contribution >= 0.6 is 0 Å². The number of hydrogen-bond donors (Lipinski definition) is 2. The first kappa shape index (κ1) is 20.2. The quantitative estimate of drug-likeness (QED) is 0.699. The Morgan fingerprint density at radius 2 is 1.52 bits per heavy atom. The molecule has 2 N–H and O–H groups in total. The minimum Gasteiger partial charge on any atom is -0.451 e. The van der Waals surface area contributed by atoms with Crippen molar-refractivity contribution in [3.63, 3.8) is 0 Å². The van der Waals surface area contributed by atoms with Crippen molar-refractivity contribution in [2.24, 2.45) is 0 Å². The molecule has 0 heterocycles. The Morgan fingerprint density at radius 3 is 2.15 bits per heavy atom. The van der Waals surface area contributed by atoms with Crippen LogP contribution in [-0.4, -0.2) is 36.5 Å².